The smallest absolute Gasteiger partial charge is 0.413 e. The van der Waals surface area contributed by atoms with Crippen LogP contribution in [0.1, 0.15) is 17.9 Å². The normalized spacial score (nSPS) is 17.6. The van der Waals surface area contributed by atoms with E-state index in [9.17, 15) is 4.79 Å². The molecule has 3 rings (SSSR count). The monoisotopic (exact) mass is 420 g/mol. The maximum Gasteiger partial charge on any atom is 0.413 e. The van der Waals surface area contributed by atoms with Gasteiger partial charge in [0.2, 0.25) is 14.1 Å². The van der Waals surface area contributed by atoms with Crippen molar-refractivity contribution in [3.63, 3.8) is 0 Å². The van der Waals surface area contributed by atoms with Gasteiger partial charge in [0.25, 0.3) is 0 Å². The Kier molecular flexibility index (Phi) is 5.89. The lowest BCUT2D eigenvalue weighted by Crippen LogP contribution is -2.21. The van der Waals surface area contributed by atoms with Crippen LogP contribution in [0.4, 0.5) is 15.1 Å². The fourth-order valence-electron chi connectivity index (χ4n) is 2.60. The molecule has 1 aliphatic heterocycles. The van der Waals surface area contributed by atoms with Crippen molar-refractivity contribution in [2.45, 2.75) is 16.1 Å². The van der Waals surface area contributed by atoms with Crippen LogP contribution in [0.5, 0.6) is 0 Å². The first-order valence-corrected chi connectivity index (χ1v) is 9.50. The summed E-state index contributed by atoms with van der Waals surface area (Å²) in [6.45, 7) is 1.42. The molecule has 134 valence electrons. The first-order chi connectivity index (χ1) is 11.9. The number of amides is 1. The number of ether oxygens (including phenoxy) is 1. The molecule has 1 N–H and O–H groups in total. The topological polar surface area (TPSA) is 67.4 Å². The molecule has 1 aromatic heterocycles. The average molecular weight is 422 g/mol. The van der Waals surface area contributed by atoms with E-state index >= 15 is 0 Å². The van der Waals surface area contributed by atoms with Gasteiger partial charge in [-0.2, -0.15) is 0 Å². The quantitative estimate of drug-likeness (QED) is 0.739. The molecule has 0 radical (unpaired) electrons. The number of aromatic nitrogens is 2. The van der Waals surface area contributed by atoms with E-state index in [1.54, 1.807) is 0 Å². The Morgan fingerprint density at radius 2 is 2.08 bits per heavy atom. The van der Waals surface area contributed by atoms with Gasteiger partial charge in [-0.3, -0.25) is 5.32 Å². The number of nitrogens with zero attached hydrogens (tertiary/aromatic N) is 3. The highest BCUT2D eigenvalue weighted by Crippen LogP contribution is 2.33. The van der Waals surface area contributed by atoms with Gasteiger partial charge in [-0.25, -0.2) is 4.79 Å². The highest BCUT2D eigenvalue weighted by molar-refractivity contribution is 7.19. The first kappa shape index (κ1) is 18.5. The van der Waals surface area contributed by atoms with Gasteiger partial charge in [0, 0.05) is 19.0 Å². The number of carbonyl (C=O) groups excluding carboxylic acids is 1. The van der Waals surface area contributed by atoms with E-state index in [1.807, 2.05) is 18.2 Å². The molecule has 0 aliphatic carbocycles. The van der Waals surface area contributed by atoms with E-state index in [0.29, 0.717) is 11.0 Å². The number of rotatable bonds is 4. The van der Waals surface area contributed by atoms with Crippen LogP contribution < -0.4 is 10.2 Å². The molecular weight excluding hydrogens is 407 g/mol. The standard InChI is InChI=1S/C15H15Cl3N4O2S/c16-15(17,18)9-24-14(23)19-12-20-21-13(25-12)22-7-6-11(8-22)10-4-2-1-3-5-10/h1-5,11H,6-9H2,(H,19,20,23). The van der Waals surface area contributed by atoms with Crippen LogP contribution >= 0.6 is 46.1 Å². The summed E-state index contributed by atoms with van der Waals surface area (Å²) in [5, 5.41) is 11.7. The van der Waals surface area contributed by atoms with Crippen molar-refractivity contribution in [3.8, 4) is 0 Å². The maximum atomic E-state index is 11.6. The largest absolute Gasteiger partial charge is 0.445 e. The lowest BCUT2D eigenvalue weighted by molar-refractivity contribution is 0.164. The van der Waals surface area contributed by atoms with Gasteiger partial charge in [0.15, 0.2) is 0 Å². The molecule has 2 heterocycles. The number of alkyl halides is 3. The lowest BCUT2D eigenvalue weighted by atomic mass is 9.99. The third-order valence-corrected chi connectivity index (χ3v) is 4.95. The number of nitrogens with one attached hydrogen (secondary N) is 1. The zero-order valence-electron chi connectivity index (χ0n) is 13.0. The molecule has 10 heteroatoms. The Morgan fingerprint density at radius 1 is 1.32 bits per heavy atom. The maximum absolute atomic E-state index is 11.6. The number of anilines is 2. The zero-order chi connectivity index (χ0) is 17.9. The van der Waals surface area contributed by atoms with E-state index in [2.05, 4.69) is 32.5 Å². The van der Waals surface area contributed by atoms with Crippen LogP contribution in [0.2, 0.25) is 0 Å². The summed E-state index contributed by atoms with van der Waals surface area (Å²) in [5.74, 6) is 0.468. The Morgan fingerprint density at radius 3 is 2.80 bits per heavy atom. The molecule has 0 bridgehead atoms. The molecule has 1 aliphatic rings. The number of halogens is 3. The fraction of sp³-hybridized carbons (Fsp3) is 0.400. The number of carbonyl (C=O) groups is 1. The summed E-state index contributed by atoms with van der Waals surface area (Å²) >= 11 is 17.9. The van der Waals surface area contributed by atoms with Crippen LogP contribution in [0.25, 0.3) is 0 Å². The van der Waals surface area contributed by atoms with E-state index in [-0.39, 0.29) is 6.61 Å². The number of hydrogen-bond donors (Lipinski definition) is 1. The van der Waals surface area contributed by atoms with Crippen molar-refractivity contribution in [2.24, 2.45) is 0 Å². The second-order valence-electron chi connectivity index (χ2n) is 5.55. The summed E-state index contributed by atoms with van der Waals surface area (Å²) in [6.07, 6.45) is 0.315. The molecule has 1 aromatic carbocycles. The number of hydrogen-bond acceptors (Lipinski definition) is 6. The minimum atomic E-state index is -1.65. The Hall–Kier alpha value is -1.28. The first-order valence-electron chi connectivity index (χ1n) is 7.54. The van der Waals surface area contributed by atoms with Crippen molar-refractivity contribution in [1.29, 1.82) is 0 Å². The summed E-state index contributed by atoms with van der Waals surface area (Å²) in [4.78, 5) is 13.8. The second-order valence-corrected chi connectivity index (χ2v) is 9.02. The van der Waals surface area contributed by atoms with Gasteiger partial charge in [-0.05, 0) is 12.0 Å². The molecule has 1 atom stereocenters. The van der Waals surface area contributed by atoms with Crippen molar-refractivity contribution in [1.82, 2.24) is 10.2 Å². The number of benzene rings is 1. The summed E-state index contributed by atoms with van der Waals surface area (Å²) < 4.78 is 3.15. The molecule has 0 spiro atoms. The Bertz CT molecular complexity index is 723. The predicted octanol–water partition coefficient (Wildman–Crippen LogP) is 4.45. The van der Waals surface area contributed by atoms with Crippen molar-refractivity contribution >= 4 is 62.5 Å². The van der Waals surface area contributed by atoms with Crippen LogP contribution in [0.15, 0.2) is 30.3 Å². The van der Waals surface area contributed by atoms with Gasteiger partial charge in [0.05, 0.1) is 0 Å². The molecular formula is C15H15Cl3N4O2S. The summed E-state index contributed by atoms with van der Waals surface area (Å²) in [5.41, 5.74) is 1.32. The summed E-state index contributed by atoms with van der Waals surface area (Å²) in [7, 11) is 0. The molecule has 1 unspecified atom stereocenters. The average Bonchev–Trinajstić information content (AvgIpc) is 3.22. The Labute approximate surface area is 164 Å². The second kappa shape index (κ2) is 7.95. The van der Waals surface area contributed by atoms with Crippen molar-refractivity contribution in [3.05, 3.63) is 35.9 Å². The van der Waals surface area contributed by atoms with Crippen LogP contribution in [-0.2, 0) is 4.74 Å². The van der Waals surface area contributed by atoms with E-state index < -0.39 is 9.89 Å². The molecule has 1 amide bonds. The van der Waals surface area contributed by atoms with E-state index in [0.717, 1.165) is 24.6 Å². The minimum Gasteiger partial charge on any atom is -0.445 e. The molecule has 6 nitrogen and oxygen atoms in total. The van der Waals surface area contributed by atoms with E-state index in [1.165, 1.54) is 16.9 Å². The summed E-state index contributed by atoms with van der Waals surface area (Å²) in [6, 6.07) is 10.4. The lowest BCUT2D eigenvalue weighted by Gasteiger charge is -2.14. The SMILES string of the molecule is O=C(Nc1nnc(N2CCC(c3ccccc3)C2)s1)OCC(Cl)(Cl)Cl. The van der Waals surface area contributed by atoms with Gasteiger partial charge in [0.1, 0.15) is 6.61 Å². The molecule has 25 heavy (non-hydrogen) atoms. The highest BCUT2D eigenvalue weighted by atomic mass is 35.6. The third kappa shape index (κ3) is 5.34. The van der Waals surface area contributed by atoms with Gasteiger partial charge >= 0.3 is 6.09 Å². The third-order valence-electron chi connectivity index (χ3n) is 3.72. The van der Waals surface area contributed by atoms with Crippen molar-refractivity contribution in [2.75, 3.05) is 29.9 Å². The van der Waals surface area contributed by atoms with Crippen molar-refractivity contribution < 1.29 is 9.53 Å². The minimum absolute atomic E-state index is 0.340. The van der Waals surface area contributed by atoms with Gasteiger partial charge in [-0.15, -0.1) is 10.2 Å². The van der Waals surface area contributed by atoms with Crippen LogP contribution in [-0.4, -0.2) is 39.8 Å². The molecule has 1 fully saturated rings. The molecule has 1 saturated heterocycles. The fourth-order valence-corrected chi connectivity index (χ4v) is 3.53. The zero-order valence-corrected chi connectivity index (χ0v) is 16.1. The molecule has 0 saturated carbocycles. The highest BCUT2D eigenvalue weighted by Gasteiger charge is 2.27. The van der Waals surface area contributed by atoms with Crippen LogP contribution in [0, 0.1) is 0 Å². The predicted molar refractivity (Wildman–Crippen MR) is 101 cm³/mol. The van der Waals surface area contributed by atoms with Gasteiger partial charge < -0.3 is 9.64 Å². The van der Waals surface area contributed by atoms with Crippen LogP contribution in [0.3, 0.4) is 0 Å². The molecule has 2 aromatic rings. The Balaban J connectivity index is 1.54. The van der Waals surface area contributed by atoms with Gasteiger partial charge in [-0.1, -0.05) is 76.5 Å². The van der Waals surface area contributed by atoms with E-state index in [4.69, 9.17) is 39.5 Å².